The third kappa shape index (κ3) is 11.1. The lowest BCUT2D eigenvalue weighted by Crippen LogP contribution is -1.97. The molecule has 22 nitrogen and oxygen atoms in total. The number of phenols is 2. The highest BCUT2D eigenvalue weighted by Crippen LogP contribution is 2.40. The molecular formula is C34H26N8O14. The molecule has 5 rings (SSSR count). The van der Waals surface area contributed by atoms with Crippen molar-refractivity contribution >= 4 is 69.8 Å². The Bertz CT molecular complexity index is 2160. The summed E-state index contributed by atoms with van der Waals surface area (Å²) in [5.41, 5.74) is 11.8. The van der Waals surface area contributed by atoms with Crippen LogP contribution in [0.1, 0.15) is 22.3 Å². The first-order chi connectivity index (χ1) is 26.4. The first kappa shape index (κ1) is 41.6. The zero-order valence-corrected chi connectivity index (χ0v) is 28.2. The van der Waals surface area contributed by atoms with E-state index in [1.807, 2.05) is 72.8 Å². The minimum absolute atomic E-state index is 0.447. The third-order valence-corrected chi connectivity index (χ3v) is 7.12. The van der Waals surface area contributed by atoms with E-state index < -0.39 is 75.2 Å². The second-order valence-electron chi connectivity index (χ2n) is 10.8. The van der Waals surface area contributed by atoms with Crippen LogP contribution in [-0.4, -0.2) is 39.8 Å². The topological polar surface area (TPSA) is 351 Å². The molecule has 0 saturated carbocycles. The Morgan fingerprint density at radius 3 is 0.946 bits per heavy atom. The number of non-ortho nitro benzene ring substituents is 2. The number of rotatable bonds is 10. The summed E-state index contributed by atoms with van der Waals surface area (Å²) in [7, 11) is 0. The highest BCUT2D eigenvalue weighted by atomic mass is 16.7. The van der Waals surface area contributed by atoms with E-state index in [0.717, 1.165) is 22.3 Å². The average molecular weight is 771 g/mol. The second-order valence-corrected chi connectivity index (χ2v) is 10.8. The van der Waals surface area contributed by atoms with Crippen LogP contribution in [-0.2, 0) is 0 Å². The minimum atomic E-state index is -1.21. The average Bonchev–Trinajstić information content (AvgIpc) is 3.15. The number of nitrogen functional groups attached to an aromatic ring is 2. The predicted molar refractivity (Wildman–Crippen MR) is 202 cm³/mol. The summed E-state index contributed by atoms with van der Waals surface area (Å²) in [5, 5.41) is 80.4. The molecule has 286 valence electrons. The minimum Gasteiger partial charge on any atom is -0.497 e. The van der Waals surface area contributed by atoms with Gasteiger partial charge in [-0.15, -0.1) is 0 Å². The van der Waals surface area contributed by atoms with Crippen molar-refractivity contribution in [2.45, 2.75) is 0 Å². The SMILES string of the molecule is Nc1cc(N)c(/C=C/c2ccccc2)cc1/C=C/c1ccccc1.O=[N+]([O-])c1cc([N+](=O)[O-])c(O)c([N+](=O)[O-])c1.O=[N+]([O-])c1cc([N+](=O)[O-])c(O)c([N+](=O)[O-])c1. The number of anilines is 2. The van der Waals surface area contributed by atoms with Gasteiger partial charge in [-0.05, 0) is 34.4 Å². The summed E-state index contributed by atoms with van der Waals surface area (Å²) in [6.45, 7) is 0. The number of hydrogen-bond donors (Lipinski definition) is 4. The van der Waals surface area contributed by atoms with Gasteiger partial charge in [0, 0.05) is 11.4 Å². The summed E-state index contributed by atoms with van der Waals surface area (Å²) >= 11 is 0. The Balaban J connectivity index is 0.000000234. The lowest BCUT2D eigenvalue weighted by Gasteiger charge is -2.07. The van der Waals surface area contributed by atoms with E-state index in [1.54, 1.807) is 0 Å². The monoisotopic (exact) mass is 770 g/mol. The molecule has 6 N–H and O–H groups in total. The van der Waals surface area contributed by atoms with Crippen LogP contribution in [0.5, 0.6) is 11.5 Å². The molecule has 0 aliphatic heterocycles. The molecule has 0 aromatic heterocycles. The van der Waals surface area contributed by atoms with Crippen molar-refractivity contribution in [2.75, 3.05) is 11.5 Å². The predicted octanol–water partition coefficient (Wildman–Crippen LogP) is 7.43. The second kappa shape index (κ2) is 18.6. The number of nitro groups is 6. The van der Waals surface area contributed by atoms with Crippen LogP contribution >= 0.6 is 0 Å². The summed E-state index contributed by atoms with van der Waals surface area (Å²) in [4.78, 5) is 55.5. The molecule has 22 heteroatoms. The number of hydrogen-bond acceptors (Lipinski definition) is 16. The van der Waals surface area contributed by atoms with Gasteiger partial charge in [0.1, 0.15) is 0 Å². The lowest BCUT2D eigenvalue weighted by atomic mass is 10.0. The Kier molecular flexibility index (Phi) is 13.8. The van der Waals surface area contributed by atoms with E-state index in [-0.39, 0.29) is 0 Å². The third-order valence-electron chi connectivity index (χ3n) is 7.12. The van der Waals surface area contributed by atoms with Gasteiger partial charge in [-0.3, -0.25) is 60.7 Å². The van der Waals surface area contributed by atoms with Crippen molar-refractivity contribution in [1.82, 2.24) is 0 Å². The van der Waals surface area contributed by atoms with Gasteiger partial charge in [0.15, 0.2) is 0 Å². The van der Waals surface area contributed by atoms with Crippen molar-refractivity contribution in [2.24, 2.45) is 0 Å². The zero-order chi connectivity index (χ0) is 41.7. The smallest absolute Gasteiger partial charge is 0.324 e. The van der Waals surface area contributed by atoms with Crippen LogP contribution < -0.4 is 11.5 Å². The number of benzene rings is 5. The summed E-state index contributed by atoms with van der Waals surface area (Å²) in [6.07, 6.45) is 8.13. The first-order valence-electron chi connectivity index (χ1n) is 15.2. The molecule has 0 amide bonds. The van der Waals surface area contributed by atoms with Gasteiger partial charge in [0.2, 0.25) is 0 Å². The van der Waals surface area contributed by atoms with Crippen LogP contribution in [0, 0.1) is 60.7 Å². The Hall–Kier alpha value is -8.82. The molecule has 56 heavy (non-hydrogen) atoms. The highest BCUT2D eigenvalue weighted by Gasteiger charge is 2.31. The largest absolute Gasteiger partial charge is 0.497 e. The molecule has 0 spiro atoms. The first-order valence-corrected chi connectivity index (χ1v) is 15.2. The molecule has 0 aliphatic carbocycles. The molecule has 0 bridgehead atoms. The summed E-state index contributed by atoms with van der Waals surface area (Å²) in [5.74, 6) is -2.42. The Morgan fingerprint density at radius 2 is 0.696 bits per heavy atom. The number of nitrogens with two attached hydrogens (primary N) is 2. The van der Waals surface area contributed by atoms with Crippen LogP contribution in [0.25, 0.3) is 24.3 Å². The van der Waals surface area contributed by atoms with E-state index in [1.165, 1.54) is 0 Å². The van der Waals surface area contributed by atoms with Crippen molar-refractivity contribution in [3.05, 3.63) is 180 Å². The molecule has 0 fully saturated rings. The van der Waals surface area contributed by atoms with Gasteiger partial charge in [0.05, 0.1) is 53.8 Å². The van der Waals surface area contributed by atoms with E-state index in [9.17, 15) is 60.7 Å². The Morgan fingerprint density at radius 1 is 0.411 bits per heavy atom. The number of nitro benzene ring substituents is 6. The van der Waals surface area contributed by atoms with Gasteiger partial charge in [-0.1, -0.05) is 85.0 Å². The van der Waals surface area contributed by atoms with Gasteiger partial charge >= 0.3 is 22.7 Å². The van der Waals surface area contributed by atoms with Gasteiger partial charge < -0.3 is 21.7 Å². The summed E-state index contributed by atoms with van der Waals surface area (Å²) < 4.78 is 0. The van der Waals surface area contributed by atoms with Gasteiger partial charge in [0.25, 0.3) is 22.9 Å². The zero-order valence-electron chi connectivity index (χ0n) is 28.2. The Labute approximate surface area is 312 Å². The van der Waals surface area contributed by atoms with Crippen LogP contribution in [0.15, 0.2) is 97.1 Å². The van der Waals surface area contributed by atoms with Gasteiger partial charge in [-0.25, -0.2) is 0 Å². The van der Waals surface area contributed by atoms with Crippen molar-refractivity contribution in [1.29, 1.82) is 0 Å². The number of phenolic OH excluding ortho intramolecular Hbond substituents is 2. The molecule has 0 heterocycles. The molecule has 0 unspecified atom stereocenters. The fourth-order valence-corrected chi connectivity index (χ4v) is 4.40. The van der Waals surface area contributed by atoms with Crippen LogP contribution in [0.4, 0.5) is 45.5 Å². The molecule has 0 radical (unpaired) electrons. The molecule has 0 saturated heterocycles. The maximum absolute atomic E-state index is 10.4. The maximum atomic E-state index is 10.4. The molecule has 5 aromatic carbocycles. The highest BCUT2D eigenvalue weighted by molar-refractivity contribution is 5.84. The van der Waals surface area contributed by atoms with Crippen LogP contribution in [0.3, 0.4) is 0 Å². The maximum Gasteiger partial charge on any atom is 0.324 e. The van der Waals surface area contributed by atoms with E-state index in [0.29, 0.717) is 35.6 Å². The van der Waals surface area contributed by atoms with Gasteiger partial charge in [-0.2, -0.15) is 0 Å². The normalized spacial score (nSPS) is 10.4. The number of aromatic hydroxyl groups is 2. The molecular weight excluding hydrogens is 744 g/mol. The van der Waals surface area contributed by atoms with Crippen molar-refractivity contribution < 1.29 is 39.8 Å². The fraction of sp³-hybridized carbons (Fsp3) is 0. The lowest BCUT2D eigenvalue weighted by molar-refractivity contribution is -0.404. The van der Waals surface area contributed by atoms with Crippen molar-refractivity contribution in [3.63, 3.8) is 0 Å². The molecule has 0 aliphatic rings. The van der Waals surface area contributed by atoms with Crippen LogP contribution in [0.2, 0.25) is 0 Å². The van der Waals surface area contributed by atoms with E-state index >= 15 is 0 Å². The summed E-state index contributed by atoms with van der Waals surface area (Å²) in [6, 6.07) is 25.9. The fourth-order valence-electron chi connectivity index (χ4n) is 4.40. The van der Waals surface area contributed by atoms with Crippen molar-refractivity contribution in [3.8, 4) is 11.5 Å². The quantitative estimate of drug-likeness (QED) is 0.0464. The molecule has 5 aromatic rings. The van der Waals surface area contributed by atoms with E-state index in [2.05, 4.69) is 24.3 Å². The molecule has 0 atom stereocenters. The van der Waals surface area contributed by atoms with E-state index in [4.69, 9.17) is 21.7 Å². The number of nitrogens with zero attached hydrogens (tertiary/aromatic N) is 6. The standard InChI is InChI=1S/C22H20N2.2C6H3N3O7/c23-21-16-22(24)20(14-12-18-9-5-2-6-10-18)15-19(21)13-11-17-7-3-1-4-8-17;2*10-6-4(8(13)14)1-3(7(11)12)2-5(6)9(15)16/h1-16H,23-24H2;2*1-2,10H/b13-11+,14-12+;;.